The molecule has 25 heavy (non-hydrogen) atoms. The first-order valence-corrected chi connectivity index (χ1v) is 8.04. The Morgan fingerprint density at radius 1 is 1.08 bits per heavy atom. The highest BCUT2D eigenvalue weighted by Gasteiger charge is 2.29. The first-order chi connectivity index (χ1) is 11.8. The van der Waals surface area contributed by atoms with Crippen LogP contribution in [0.4, 0.5) is 23.2 Å². The summed E-state index contributed by atoms with van der Waals surface area (Å²) in [5, 5.41) is 2.49. The molecule has 0 aliphatic rings. The van der Waals surface area contributed by atoms with Gasteiger partial charge in [-0.2, -0.15) is 13.2 Å². The number of amides is 1. The number of carbonyl (C=O) groups excluding carboxylic acids is 1. The third kappa shape index (κ3) is 5.59. The quantitative estimate of drug-likeness (QED) is 0.695. The Morgan fingerprint density at radius 3 is 2.36 bits per heavy atom. The first-order valence-electron chi connectivity index (χ1n) is 8.04. The Morgan fingerprint density at radius 2 is 1.76 bits per heavy atom. The van der Waals surface area contributed by atoms with Crippen LogP contribution < -0.4 is 5.32 Å². The molecule has 0 aliphatic heterocycles. The van der Waals surface area contributed by atoms with E-state index in [0.717, 1.165) is 37.0 Å². The van der Waals surface area contributed by atoms with Crippen molar-refractivity contribution in [3.63, 3.8) is 0 Å². The summed E-state index contributed by atoms with van der Waals surface area (Å²) in [4.78, 5) is 12.0. The number of carbonyl (C=O) groups is 1. The fourth-order valence-electron chi connectivity index (χ4n) is 2.42. The van der Waals surface area contributed by atoms with E-state index in [4.69, 9.17) is 0 Å². The van der Waals surface area contributed by atoms with Crippen molar-refractivity contribution in [1.82, 2.24) is 0 Å². The number of alkyl halides is 3. The van der Waals surface area contributed by atoms with Crippen molar-refractivity contribution in [3.05, 3.63) is 65.0 Å². The van der Waals surface area contributed by atoms with Gasteiger partial charge in [0.1, 0.15) is 5.82 Å². The van der Waals surface area contributed by atoms with Gasteiger partial charge in [-0.1, -0.05) is 25.5 Å². The molecule has 2 aromatic carbocycles. The van der Waals surface area contributed by atoms with Crippen LogP contribution in [-0.2, 0) is 23.8 Å². The minimum Gasteiger partial charge on any atom is -0.326 e. The van der Waals surface area contributed by atoms with E-state index in [1.165, 1.54) is 18.2 Å². The lowest BCUT2D eigenvalue weighted by molar-refractivity contribution is -0.137. The second-order valence-electron chi connectivity index (χ2n) is 5.83. The molecular formula is C19H19F4NO. The van der Waals surface area contributed by atoms with Crippen molar-refractivity contribution in [1.29, 1.82) is 0 Å². The fraction of sp³-hybridized carbons (Fsp3) is 0.316. The highest BCUT2D eigenvalue weighted by molar-refractivity contribution is 5.92. The molecule has 6 heteroatoms. The lowest BCUT2D eigenvalue weighted by Crippen LogP contribution is -2.15. The molecule has 2 nitrogen and oxygen atoms in total. The maximum atomic E-state index is 13.9. The van der Waals surface area contributed by atoms with E-state index < -0.39 is 23.5 Å². The monoisotopic (exact) mass is 353 g/mol. The van der Waals surface area contributed by atoms with E-state index in [2.05, 4.69) is 12.2 Å². The zero-order chi connectivity index (χ0) is 18.4. The zero-order valence-electron chi connectivity index (χ0n) is 13.8. The maximum Gasteiger partial charge on any atom is 0.416 e. The first kappa shape index (κ1) is 19.0. The Hall–Kier alpha value is -2.37. The van der Waals surface area contributed by atoms with Crippen LogP contribution in [0.1, 0.15) is 36.5 Å². The average Bonchev–Trinajstić information content (AvgIpc) is 2.55. The van der Waals surface area contributed by atoms with Gasteiger partial charge in [0.05, 0.1) is 12.0 Å². The molecule has 1 amide bonds. The number of rotatable bonds is 6. The summed E-state index contributed by atoms with van der Waals surface area (Å²) in [6.07, 6.45) is -1.80. The van der Waals surface area contributed by atoms with E-state index >= 15 is 0 Å². The number of nitrogens with one attached hydrogen (secondary N) is 1. The molecule has 134 valence electrons. The van der Waals surface area contributed by atoms with Crippen LogP contribution in [0.3, 0.4) is 0 Å². The van der Waals surface area contributed by atoms with E-state index in [1.807, 2.05) is 0 Å². The third-order valence-corrected chi connectivity index (χ3v) is 3.78. The van der Waals surface area contributed by atoms with Gasteiger partial charge in [0.15, 0.2) is 0 Å². The van der Waals surface area contributed by atoms with Crippen molar-refractivity contribution in [2.24, 2.45) is 0 Å². The lowest BCUT2D eigenvalue weighted by atomic mass is 10.0. The van der Waals surface area contributed by atoms with Crippen LogP contribution in [0.2, 0.25) is 0 Å². The molecule has 0 atom stereocenters. The Kier molecular flexibility index (Phi) is 6.17. The van der Waals surface area contributed by atoms with Crippen LogP contribution in [0.25, 0.3) is 0 Å². The van der Waals surface area contributed by atoms with Gasteiger partial charge in [0.2, 0.25) is 5.91 Å². The van der Waals surface area contributed by atoms with Gasteiger partial charge in [-0.25, -0.2) is 4.39 Å². The largest absolute Gasteiger partial charge is 0.416 e. The minimum atomic E-state index is -4.43. The molecule has 0 radical (unpaired) electrons. The molecule has 2 rings (SSSR count). The summed E-state index contributed by atoms with van der Waals surface area (Å²) in [5.41, 5.74) is 0.680. The zero-order valence-corrected chi connectivity index (χ0v) is 13.8. The molecule has 0 fully saturated rings. The summed E-state index contributed by atoms with van der Waals surface area (Å²) in [5.74, 6) is -0.950. The van der Waals surface area contributed by atoms with Gasteiger partial charge in [0.25, 0.3) is 0 Å². The minimum absolute atomic E-state index is 0.174. The van der Waals surface area contributed by atoms with Crippen LogP contribution in [0.15, 0.2) is 42.5 Å². The summed E-state index contributed by atoms with van der Waals surface area (Å²) < 4.78 is 51.4. The van der Waals surface area contributed by atoms with Crippen molar-refractivity contribution >= 4 is 11.6 Å². The molecule has 0 aromatic heterocycles. The molecule has 0 bridgehead atoms. The van der Waals surface area contributed by atoms with Crippen molar-refractivity contribution in [2.75, 3.05) is 5.32 Å². The fourth-order valence-corrected chi connectivity index (χ4v) is 2.42. The summed E-state index contributed by atoms with van der Waals surface area (Å²) in [6, 6.07) is 8.83. The van der Waals surface area contributed by atoms with Gasteiger partial charge < -0.3 is 5.32 Å². The SMILES string of the molecule is CCCCc1ccc(F)c(CC(=O)Nc2ccc(C(F)(F)F)cc2)c1. The second kappa shape index (κ2) is 8.14. The van der Waals surface area contributed by atoms with Crippen LogP contribution >= 0.6 is 0 Å². The van der Waals surface area contributed by atoms with Gasteiger partial charge in [0, 0.05) is 5.69 Å². The second-order valence-corrected chi connectivity index (χ2v) is 5.83. The van der Waals surface area contributed by atoms with Crippen LogP contribution in [-0.4, -0.2) is 5.91 Å². The van der Waals surface area contributed by atoms with E-state index in [1.54, 1.807) is 12.1 Å². The van der Waals surface area contributed by atoms with Crippen molar-refractivity contribution in [2.45, 2.75) is 38.8 Å². The smallest absolute Gasteiger partial charge is 0.326 e. The number of aryl methyl sites for hydroxylation is 1. The number of unbranched alkanes of at least 4 members (excludes halogenated alkanes) is 1. The van der Waals surface area contributed by atoms with E-state index in [-0.39, 0.29) is 17.7 Å². The molecule has 2 aromatic rings. The van der Waals surface area contributed by atoms with Crippen molar-refractivity contribution in [3.8, 4) is 0 Å². The van der Waals surface area contributed by atoms with E-state index in [0.29, 0.717) is 0 Å². The highest BCUT2D eigenvalue weighted by Crippen LogP contribution is 2.29. The average molecular weight is 353 g/mol. The Labute approximate surface area is 143 Å². The van der Waals surface area contributed by atoms with Gasteiger partial charge in [-0.05, 0) is 54.3 Å². The van der Waals surface area contributed by atoms with Gasteiger partial charge >= 0.3 is 6.18 Å². The number of hydrogen-bond acceptors (Lipinski definition) is 1. The predicted molar refractivity (Wildman–Crippen MR) is 88.8 cm³/mol. The predicted octanol–water partition coefficient (Wildman–Crippen LogP) is 5.37. The number of hydrogen-bond donors (Lipinski definition) is 1. The number of halogens is 4. The molecule has 0 saturated carbocycles. The Bertz CT molecular complexity index is 723. The Balaban J connectivity index is 2.02. The molecule has 0 saturated heterocycles. The standard InChI is InChI=1S/C19H19F4NO/c1-2-3-4-13-5-10-17(20)14(11-13)12-18(25)24-16-8-6-15(7-9-16)19(21,22)23/h5-11H,2-4,12H2,1H3,(H,24,25). The summed E-state index contributed by atoms with van der Waals surface area (Å²) >= 11 is 0. The molecule has 0 unspecified atom stereocenters. The third-order valence-electron chi connectivity index (χ3n) is 3.78. The molecule has 1 N–H and O–H groups in total. The lowest BCUT2D eigenvalue weighted by Gasteiger charge is -2.10. The molecular weight excluding hydrogens is 334 g/mol. The van der Waals surface area contributed by atoms with E-state index in [9.17, 15) is 22.4 Å². The summed E-state index contributed by atoms with van der Waals surface area (Å²) in [6.45, 7) is 2.06. The highest BCUT2D eigenvalue weighted by atomic mass is 19.4. The normalized spacial score (nSPS) is 11.4. The van der Waals surface area contributed by atoms with Crippen LogP contribution in [0, 0.1) is 5.82 Å². The maximum absolute atomic E-state index is 13.9. The topological polar surface area (TPSA) is 29.1 Å². The molecule has 0 spiro atoms. The number of benzene rings is 2. The van der Waals surface area contributed by atoms with Gasteiger partial charge in [-0.15, -0.1) is 0 Å². The summed E-state index contributed by atoms with van der Waals surface area (Å²) in [7, 11) is 0. The van der Waals surface area contributed by atoms with Gasteiger partial charge in [-0.3, -0.25) is 4.79 Å². The molecule has 0 heterocycles. The number of anilines is 1. The van der Waals surface area contributed by atoms with Crippen molar-refractivity contribution < 1.29 is 22.4 Å². The molecule has 0 aliphatic carbocycles. The van der Waals surface area contributed by atoms with Crippen LogP contribution in [0.5, 0.6) is 0 Å².